The Morgan fingerprint density at radius 1 is 1.09 bits per heavy atom. The van der Waals surface area contributed by atoms with Gasteiger partial charge in [0, 0.05) is 30.8 Å². The highest BCUT2D eigenvalue weighted by Crippen LogP contribution is 2.44. The molecular weight excluding hydrogens is 616 g/mol. The summed E-state index contributed by atoms with van der Waals surface area (Å²) in [6.07, 6.45) is 17.5. The van der Waals surface area contributed by atoms with Crippen molar-refractivity contribution in [3.63, 3.8) is 0 Å². The van der Waals surface area contributed by atoms with Crippen molar-refractivity contribution in [1.29, 1.82) is 0 Å². The average molecular weight is 664 g/mol. The maximum absolute atomic E-state index is 11.8. The lowest BCUT2D eigenvalue weighted by Crippen LogP contribution is -2.43. The minimum atomic E-state index is -4.13. The second-order valence-electron chi connectivity index (χ2n) is 12.8. The normalized spacial score (nSPS) is 33.7. The summed E-state index contributed by atoms with van der Waals surface area (Å²) in [5, 5.41) is 0.0775. The molecule has 2 N–H and O–H groups in total. The molecule has 13 heteroatoms. The van der Waals surface area contributed by atoms with Crippen LogP contribution in [0.3, 0.4) is 0 Å². The van der Waals surface area contributed by atoms with Crippen molar-refractivity contribution in [3.8, 4) is 0 Å². The van der Waals surface area contributed by atoms with Gasteiger partial charge in [-0.2, -0.15) is 17.2 Å². The van der Waals surface area contributed by atoms with Crippen LogP contribution in [0.25, 0.3) is 0 Å². The van der Waals surface area contributed by atoms with E-state index in [9.17, 15) is 17.2 Å². The van der Waals surface area contributed by atoms with Gasteiger partial charge < -0.3 is 14.4 Å². The minimum Gasteiger partial charge on any atom is -0.474 e. The van der Waals surface area contributed by atoms with Crippen LogP contribution < -0.4 is 0 Å². The lowest BCUT2D eigenvalue weighted by Gasteiger charge is -2.39. The largest absolute Gasteiger partial charge is 0.474 e. The topological polar surface area (TPSA) is 126 Å². The van der Waals surface area contributed by atoms with Crippen molar-refractivity contribution in [1.82, 2.24) is 4.90 Å². The van der Waals surface area contributed by atoms with Crippen LogP contribution in [0.5, 0.6) is 0 Å². The summed E-state index contributed by atoms with van der Waals surface area (Å²) in [4.78, 5) is 2.08. The van der Waals surface area contributed by atoms with E-state index in [1.807, 2.05) is 12.2 Å². The number of nitrogens with zero attached hydrogens (tertiary/aromatic N) is 2. The van der Waals surface area contributed by atoms with E-state index >= 15 is 0 Å². The Morgan fingerprint density at radius 2 is 1.86 bits per heavy atom. The highest BCUT2D eigenvalue weighted by Gasteiger charge is 2.47. The predicted molar refractivity (Wildman–Crippen MR) is 166 cm³/mol. The molecule has 4 fully saturated rings. The lowest BCUT2D eigenvalue weighted by atomic mass is 9.71. The van der Waals surface area contributed by atoms with Crippen LogP contribution in [0.15, 0.2) is 23.6 Å². The number of rotatable bonds is 12. The quantitative estimate of drug-likeness (QED) is 0.0974. The SMILES string of the molecule is CCC(=CC1=[N+](CCCOS(=O)O)C2CC(Cl)CCC2O1)C=C1OC2CCC(C3CCCCC3)CC2N1CCS(=O)(=O)O. The molecule has 0 amide bonds. The third-order valence-corrected chi connectivity index (χ3v) is 11.5. The van der Waals surface area contributed by atoms with Crippen LogP contribution in [0, 0.1) is 11.8 Å². The summed E-state index contributed by atoms with van der Waals surface area (Å²) in [5.41, 5.74) is 0.989. The van der Waals surface area contributed by atoms with Gasteiger partial charge in [-0.3, -0.25) is 13.3 Å². The molecule has 0 aromatic carbocycles. The number of halogens is 1. The molecule has 7 unspecified atom stereocenters. The molecule has 5 rings (SSSR count). The molecule has 5 aliphatic rings. The number of fused-ring (bicyclic) bond motifs is 2. The Bertz CT molecular complexity index is 1200. The van der Waals surface area contributed by atoms with Gasteiger partial charge in [0.1, 0.15) is 12.6 Å². The molecule has 10 nitrogen and oxygen atoms in total. The van der Waals surface area contributed by atoms with Gasteiger partial charge in [0.05, 0.1) is 24.5 Å². The molecule has 244 valence electrons. The van der Waals surface area contributed by atoms with E-state index in [4.69, 9.17) is 29.8 Å². The molecule has 3 saturated carbocycles. The third kappa shape index (κ3) is 8.76. The smallest absolute Gasteiger partial charge is 0.363 e. The third-order valence-electron chi connectivity index (χ3n) is 10.1. The fourth-order valence-electron chi connectivity index (χ4n) is 7.88. The Morgan fingerprint density at radius 3 is 2.58 bits per heavy atom. The molecule has 1 saturated heterocycles. The van der Waals surface area contributed by atoms with E-state index in [0.29, 0.717) is 31.2 Å². The van der Waals surface area contributed by atoms with Crippen molar-refractivity contribution >= 4 is 39.0 Å². The van der Waals surface area contributed by atoms with E-state index in [1.54, 1.807) is 0 Å². The number of ether oxygens (including phenoxy) is 2. The molecule has 7 atom stereocenters. The first-order valence-corrected chi connectivity index (χ1v) is 19.2. The maximum Gasteiger partial charge on any atom is 0.363 e. The Hall–Kier alpha value is -1.18. The number of hydrogen-bond acceptors (Lipinski definition) is 7. The second kappa shape index (κ2) is 14.9. The van der Waals surface area contributed by atoms with Crippen molar-refractivity contribution < 1.29 is 40.0 Å². The van der Waals surface area contributed by atoms with Gasteiger partial charge in [-0.05, 0) is 55.9 Å². The fourth-order valence-corrected chi connectivity index (χ4v) is 8.88. The zero-order valence-electron chi connectivity index (χ0n) is 25.1. The van der Waals surface area contributed by atoms with Gasteiger partial charge in [0.25, 0.3) is 10.1 Å². The molecule has 0 radical (unpaired) electrons. The number of alkyl halides is 1. The number of hydrogen-bond donors (Lipinski definition) is 2. The summed E-state index contributed by atoms with van der Waals surface area (Å²) >= 11 is 4.25. The van der Waals surface area contributed by atoms with Crippen LogP contribution in [0.2, 0.25) is 0 Å². The molecule has 43 heavy (non-hydrogen) atoms. The molecule has 0 spiro atoms. The molecular formula is C30H48ClN2O8S2+. The van der Waals surface area contributed by atoms with Gasteiger partial charge in [0.15, 0.2) is 18.0 Å². The molecule has 3 aliphatic carbocycles. The zero-order valence-corrected chi connectivity index (χ0v) is 27.5. The molecule has 0 aromatic heterocycles. The van der Waals surface area contributed by atoms with Crippen LogP contribution in [0.4, 0.5) is 0 Å². The van der Waals surface area contributed by atoms with Crippen molar-refractivity contribution in [2.45, 2.75) is 120 Å². The first-order chi connectivity index (χ1) is 20.6. The van der Waals surface area contributed by atoms with Crippen LogP contribution >= 0.6 is 11.6 Å². The average Bonchev–Trinajstić information content (AvgIpc) is 3.49. The lowest BCUT2D eigenvalue weighted by molar-refractivity contribution is -0.562. The summed E-state index contributed by atoms with van der Waals surface area (Å²) in [7, 11) is -4.13. The Balaban J connectivity index is 1.39. The standard InChI is InChI=1S/C30H47ClN2O8S2/c1-2-21(17-29-32(13-6-15-39-42(34)35)26-20-24(31)10-12-28(26)41-29)18-30-33(14-16-43(36,37)38)25-19-23(9-11-27(25)40-30)22-7-4-3-5-8-22/h17-18,22-28H,2-16,19-20H2,1H3,(H-,34,35,36,37,38)/p+1. The summed E-state index contributed by atoms with van der Waals surface area (Å²) in [6.45, 7) is 3.01. The first kappa shape index (κ1) is 33.2. The van der Waals surface area contributed by atoms with Crippen LogP contribution in [-0.2, 0) is 35.1 Å². The predicted octanol–water partition coefficient (Wildman–Crippen LogP) is 5.01. The van der Waals surface area contributed by atoms with E-state index in [0.717, 1.165) is 55.9 Å². The molecule has 0 bridgehead atoms. The van der Waals surface area contributed by atoms with Crippen molar-refractivity contribution in [2.24, 2.45) is 11.8 Å². The van der Waals surface area contributed by atoms with Crippen molar-refractivity contribution in [3.05, 3.63) is 23.6 Å². The number of allylic oxidation sites excluding steroid dienone is 2. The highest BCUT2D eigenvalue weighted by atomic mass is 35.5. The van der Waals surface area contributed by atoms with E-state index in [2.05, 4.69) is 16.4 Å². The maximum atomic E-state index is 11.8. The Labute approximate surface area is 264 Å². The van der Waals surface area contributed by atoms with Crippen molar-refractivity contribution in [2.75, 3.05) is 25.4 Å². The van der Waals surface area contributed by atoms with Crippen LogP contribution in [0.1, 0.15) is 90.4 Å². The summed E-state index contributed by atoms with van der Waals surface area (Å²) in [6, 6.07) is 0.223. The first-order valence-electron chi connectivity index (χ1n) is 16.1. The van der Waals surface area contributed by atoms with Gasteiger partial charge in [-0.25, -0.2) is 0 Å². The van der Waals surface area contributed by atoms with Gasteiger partial charge in [-0.15, -0.1) is 11.6 Å². The van der Waals surface area contributed by atoms with E-state index in [1.165, 1.54) is 32.1 Å². The van der Waals surface area contributed by atoms with E-state index in [-0.39, 0.29) is 48.6 Å². The van der Waals surface area contributed by atoms with Gasteiger partial charge >= 0.3 is 17.3 Å². The highest BCUT2D eigenvalue weighted by molar-refractivity contribution is 7.85. The Kier molecular flexibility index (Phi) is 11.5. The van der Waals surface area contributed by atoms with Gasteiger partial charge in [0.2, 0.25) is 0 Å². The zero-order chi connectivity index (χ0) is 30.6. The summed E-state index contributed by atoms with van der Waals surface area (Å²) in [5.74, 6) is 2.43. The molecule has 2 aliphatic heterocycles. The molecule has 2 heterocycles. The second-order valence-corrected chi connectivity index (χ2v) is 15.6. The van der Waals surface area contributed by atoms with Crippen LogP contribution in [-0.4, -0.2) is 92.2 Å². The molecule has 0 aromatic rings. The monoisotopic (exact) mass is 663 g/mol. The minimum absolute atomic E-state index is 0.0121. The van der Waals surface area contributed by atoms with Gasteiger partial charge in [-0.1, -0.05) is 39.0 Å². The fraction of sp³-hybridized carbons (Fsp3) is 0.833. The van der Waals surface area contributed by atoms with E-state index < -0.39 is 21.5 Å². The summed E-state index contributed by atoms with van der Waals surface area (Å²) < 4.78 is 73.1.